The Morgan fingerprint density at radius 2 is 1.90 bits per heavy atom. The molecule has 0 radical (unpaired) electrons. The van der Waals surface area contributed by atoms with Crippen LogP contribution in [0.4, 0.5) is 4.39 Å². The van der Waals surface area contributed by atoms with Gasteiger partial charge in [0.1, 0.15) is 0 Å². The minimum atomic E-state index is -1.26. The first kappa shape index (κ1) is 14.9. The Labute approximate surface area is 119 Å². The van der Waals surface area contributed by atoms with Gasteiger partial charge in [0.15, 0.2) is 0 Å². The third-order valence-corrected chi connectivity index (χ3v) is 3.51. The minimum Gasteiger partial charge on any atom is -0.481 e. The van der Waals surface area contributed by atoms with Gasteiger partial charge in [-0.2, -0.15) is 4.39 Å². The molecule has 2 atom stereocenters. The summed E-state index contributed by atoms with van der Waals surface area (Å²) in [5, 5.41) is 18.1. The Morgan fingerprint density at radius 3 is 2.48 bits per heavy atom. The van der Waals surface area contributed by atoms with Crippen LogP contribution in [0.1, 0.15) is 16.8 Å². The lowest BCUT2D eigenvalue weighted by Crippen LogP contribution is -2.48. The van der Waals surface area contributed by atoms with Crippen LogP contribution in [0.25, 0.3) is 0 Å². The molecule has 1 aromatic heterocycles. The number of hydrogen-bond donors (Lipinski definition) is 2. The van der Waals surface area contributed by atoms with Gasteiger partial charge in [-0.15, -0.1) is 0 Å². The summed E-state index contributed by atoms with van der Waals surface area (Å²) in [7, 11) is 0. The number of carbonyl (C=O) groups excluding carboxylic acids is 1. The van der Waals surface area contributed by atoms with Crippen molar-refractivity contribution in [1.29, 1.82) is 0 Å². The molecule has 1 fully saturated rings. The number of aromatic nitrogens is 1. The molecule has 0 aromatic carbocycles. The molecular weight excluding hydrogens is 283 g/mol. The number of carboxylic acids is 2. The fraction of sp³-hybridized carbons (Fsp3) is 0.385. The molecule has 2 N–H and O–H groups in total. The van der Waals surface area contributed by atoms with E-state index in [1.54, 1.807) is 0 Å². The number of amides is 1. The van der Waals surface area contributed by atoms with Crippen LogP contribution in [-0.4, -0.2) is 51.0 Å². The van der Waals surface area contributed by atoms with Crippen molar-refractivity contribution in [2.75, 3.05) is 13.1 Å². The summed E-state index contributed by atoms with van der Waals surface area (Å²) in [5.41, 5.74) is 0.0559. The average molecular weight is 296 g/mol. The zero-order chi connectivity index (χ0) is 15.6. The molecule has 2 rings (SSSR count). The minimum absolute atomic E-state index is 0.0472. The molecule has 1 amide bonds. The maximum atomic E-state index is 13.0. The smallest absolute Gasteiger partial charge is 0.309 e. The van der Waals surface area contributed by atoms with Gasteiger partial charge in [-0.25, -0.2) is 4.98 Å². The van der Waals surface area contributed by atoms with E-state index in [0.29, 0.717) is 0 Å². The molecule has 0 spiro atoms. The molecule has 0 bridgehead atoms. The Hall–Kier alpha value is -2.51. The van der Waals surface area contributed by atoms with Crippen LogP contribution in [-0.2, 0) is 9.59 Å². The van der Waals surface area contributed by atoms with Crippen LogP contribution in [0.2, 0.25) is 0 Å². The first-order valence-electron chi connectivity index (χ1n) is 6.26. The van der Waals surface area contributed by atoms with Gasteiger partial charge in [0.2, 0.25) is 5.95 Å². The average Bonchev–Trinajstić information content (AvgIpc) is 2.45. The number of carbonyl (C=O) groups is 3. The van der Waals surface area contributed by atoms with Crippen LogP contribution >= 0.6 is 0 Å². The number of aliphatic carboxylic acids is 2. The van der Waals surface area contributed by atoms with Gasteiger partial charge in [0.25, 0.3) is 5.91 Å². The van der Waals surface area contributed by atoms with Crippen molar-refractivity contribution in [2.45, 2.75) is 6.42 Å². The normalized spacial score (nSPS) is 21.9. The number of piperidine rings is 1. The highest BCUT2D eigenvalue weighted by molar-refractivity contribution is 5.94. The molecule has 0 saturated carbocycles. The lowest BCUT2D eigenvalue weighted by Gasteiger charge is -2.34. The van der Waals surface area contributed by atoms with Crippen molar-refractivity contribution in [1.82, 2.24) is 9.88 Å². The molecule has 2 heterocycles. The van der Waals surface area contributed by atoms with Crippen LogP contribution in [0, 0.1) is 17.8 Å². The van der Waals surface area contributed by atoms with Crippen LogP contribution in [0.3, 0.4) is 0 Å². The topological polar surface area (TPSA) is 108 Å². The highest BCUT2D eigenvalue weighted by Crippen LogP contribution is 2.25. The van der Waals surface area contributed by atoms with E-state index in [9.17, 15) is 18.8 Å². The Bertz CT molecular complexity index is 592. The number of carboxylic acid groups (broad SMARTS) is 2. The Kier molecular flexibility index (Phi) is 4.15. The molecular formula is C13H13FN2O5. The number of rotatable bonds is 3. The van der Waals surface area contributed by atoms with E-state index < -0.39 is 35.6 Å². The third kappa shape index (κ3) is 3.15. The largest absolute Gasteiger partial charge is 0.481 e. The van der Waals surface area contributed by atoms with Gasteiger partial charge in [-0.05, 0) is 12.5 Å². The zero-order valence-electron chi connectivity index (χ0n) is 10.9. The first-order chi connectivity index (χ1) is 9.90. The van der Waals surface area contributed by atoms with E-state index in [0.717, 1.165) is 12.3 Å². The predicted molar refractivity (Wildman–Crippen MR) is 67.0 cm³/mol. The van der Waals surface area contributed by atoms with E-state index in [2.05, 4.69) is 4.98 Å². The Balaban J connectivity index is 2.17. The molecule has 1 saturated heterocycles. The second kappa shape index (κ2) is 5.86. The summed E-state index contributed by atoms with van der Waals surface area (Å²) in [6, 6.07) is 2.28. The summed E-state index contributed by atoms with van der Waals surface area (Å²) >= 11 is 0. The van der Waals surface area contributed by atoms with Crippen molar-refractivity contribution in [3.8, 4) is 0 Å². The fourth-order valence-corrected chi connectivity index (χ4v) is 2.40. The van der Waals surface area contributed by atoms with Crippen LogP contribution < -0.4 is 0 Å². The summed E-state index contributed by atoms with van der Waals surface area (Å²) in [4.78, 5) is 38.9. The van der Waals surface area contributed by atoms with Crippen molar-refractivity contribution >= 4 is 17.8 Å². The van der Waals surface area contributed by atoms with Crippen molar-refractivity contribution in [2.24, 2.45) is 11.8 Å². The number of hydrogen-bond acceptors (Lipinski definition) is 4. The van der Waals surface area contributed by atoms with E-state index in [1.807, 2.05) is 0 Å². The van der Waals surface area contributed by atoms with E-state index >= 15 is 0 Å². The monoisotopic (exact) mass is 296 g/mol. The third-order valence-electron chi connectivity index (χ3n) is 3.51. The zero-order valence-corrected chi connectivity index (χ0v) is 10.9. The van der Waals surface area contributed by atoms with E-state index in [4.69, 9.17) is 10.2 Å². The van der Waals surface area contributed by atoms with E-state index in [1.165, 1.54) is 11.0 Å². The molecule has 1 aromatic rings. The second-order valence-corrected chi connectivity index (χ2v) is 4.80. The SMILES string of the molecule is O=C(O)C1CCN(C(=O)c2ccnc(F)c2)CC1C(=O)O. The number of likely N-dealkylation sites (tertiary alicyclic amines) is 1. The summed E-state index contributed by atoms with van der Waals surface area (Å²) in [6.07, 6.45) is 1.19. The predicted octanol–water partition coefficient (Wildman–Crippen LogP) is 0.468. The van der Waals surface area contributed by atoms with Gasteiger partial charge in [0, 0.05) is 30.9 Å². The summed E-state index contributed by atoms with van der Waals surface area (Å²) in [6.45, 7) is -0.0986. The standard InChI is InChI=1S/C13H13FN2O5/c14-10-5-7(1-3-15-10)11(17)16-4-2-8(12(18)19)9(6-16)13(20)21/h1,3,5,8-9H,2,4,6H2,(H,18,19)(H,20,21). The second-order valence-electron chi connectivity index (χ2n) is 4.80. The maximum absolute atomic E-state index is 13.0. The summed E-state index contributed by atoms with van der Waals surface area (Å²) in [5.74, 6) is -6.00. The van der Waals surface area contributed by atoms with Gasteiger partial charge in [0.05, 0.1) is 11.8 Å². The van der Waals surface area contributed by atoms with Gasteiger partial charge >= 0.3 is 11.9 Å². The van der Waals surface area contributed by atoms with Crippen molar-refractivity contribution < 1.29 is 29.0 Å². The van der Waals surface area contributed by atoms with Gasteiger partial charge < -0.3 is 15.1 Å². The molecule has 0 aliphatic carbocycles. The van der Waals surface area contributed by atoms with Gasteiger partial charge in [-0.3, -0.25) is 14.4 Å². The number of halogens is 1. The van der Waals surface area contributed by atoms with Crippen LogP contribution in [0.5, 0.6) is 0 Å². The number of nitrogens with zero attached hydrogens (tertiary/aromatic N) is 2. The maximum Gasteiger partial charge on any atom is 0.309 e. The van der Waals surface area contributed by atoms with Crippen molar-refractivity contribution in [3.05, 3.63) is 29.8 Å². The van der Waals surface area contributed by atoms with E-state index in [-0.39, 0.29) is 25.1 Å². The molecule has 8 heteroatoms. The first-order valence-corrected chi connectivity index (χ1v) is 6.26. The van der Waals surface area contributed by atoms with Gasteiger partial charge in [-0.1, -0.05) is 0 Å². The quantitative estimate of drug-likeness (QED) is 0.785. The lowest BCUT2D eigenvalue weighted by molar-refractivity contribution is -0.156. The molecule has 21 heavy (non-hydrogen) atoms. The Morgan fingerprint density at radius 1 is 1.24 bits per heavy atom. The molecule has 1 aliphatic rings. The highest BCUT2D eigenvalue weighted by atomic mass is 19.1. The molecule has 112 valence electrons. The number of pyridine rings is 1. The fourth-order valence-electron chi connectivity index (χ4n) is 2.40. The molecule has 7 nitrogen and oxygen atoms in total. The highest BCUT2D eigenvalue weighted by Gasteiger charge is 2.40. The van der Waals surface area contributed by atoms with Crippen molar-refractivity contribution in [3.63, 3.8) is 0 Å². The lowest BCUT2D eigenvalue weighted by atomic mass is 9.85. The molecule has 2 unspecified atom stereocenters. The molecule has 1 aliphatic heterocycles. The summed E-state index contributed by atoms with van der Waals surface area (Å²) < 4.78 is 13.0. The van der Waals surface area contributed by atoms with Crippen LogP contribution in [0.15, 0.2) is 18.3 Å².